The number of aryl methyl sites for hydroxylation is 1. The lowest BCUT2D eigenvalue weighted by Gasteiger charge is -2.36. The third-order valence-electron chi connectivity index (χ3n) is 7.98. The van der Waals surface area contributed by atoms with Gasteiger partial charge in [-0.3, -0.25) is 0 Å². The number of carbonyl (C=O) groups is 1. The van der Waals surface area contributed by atoms with Crippen LogP contribution in [0.4, 0.5) is 4.79 Å². The van der Waals surface area contributed by atoms with Crippen LogP contribution in [-0.2, 0) is 36.2 Å². The zero-order valence-corrected chi connectivity index (χ0v) is 26.5. The fourth-order valence-corrected chi connectivity index (χ4v) is 6.35. The summed E-state index contributed by atoms with van der Waals surface area (Å²) in [4.78, 5) is 16.8. The van der Waals surface area contributed by atoms with Crippen molar-refractivity contribution in [1.29, 1.82) is 0 Å². The Morgan fingerprint density at radius 1 is 0.848 bits per heavy atom. The van der Waals surface area contributed by atoms with E-state index >= 15 is 0 Å². The third kappa shape index (κ3) is 8.24. The van der Waals surface area contributed by atoms with Crippen LogP contribution in [0.3, 0.4) is 0 Å². The molecular formula is C37H38N4O4S. The topological polar surface area (TPSA) is 97.6 Å². The predicted octanol–water partition coefficient (Wildman–Crippen LogP) is 6.92. The van der Waals surface area contributed by atoms with Crippen LogP contribution in [0.25, 0.3) is 11.1 Å². The standard InChI is InChI=1S/C37H38N4O4S/c1-41-19-18-38-37(41)46-25-33-21-34(30-12-10-27(24-42)11-13-30)45-35(44-33)31-16-14-29(15-17-31)32-9-5-8-28(20-32)23-40-36(43)39-22-26-6-3-2-4-7-26/h2-20,33-35,42H,21-25H2,1H3,(H2,39,40,43)/t33-,34+,35+/m0/s1. The number of amides is 2. The molecule has 1 aliphatic heterocycles. The molecule has 46 heavy (non-hydrogen) atoms. The van der Waals surface area contributed by atoms with Crippen LogP contribution in [0.5, 0.6) is 0 Å². The van der Waals surface area contributed by atoms with Crippen LogP contribution in [0, 0.1) is 0 Å². The minimum absolute atomic E-state index is 0.0102. The third-order valence-corrected chi connectivity index (χ3v) is 9.17. The van der Waals surface area contributed by atoms with Gasteiger partial charge in [-0.05, 0) is 39.4 Å². The zero-order valence-electron chi connectivity index (χ0n) is 25.7. The van der Waals surface area contributed by atoms with Gasteiger partial charge in [-0.25, -0.2) is 9.78 Å². The maximum absolute atomic E-state index is 12.4. The molecule has 1 aliphatic rings. The number of urea groups is 1. The van der Waals surface area contributed by atoms with Crippen molar-refractivity contribution in [3.05, 3.63) is 143 Å². The summed E-state index contributed by atoms with van der Waals surface area (Å²) in [5.41, 5.74) is 7.07. The Morgan fingerprint density at radius 2 is 1.57 bits per heavy atom. The Bertz CT molecular complexity index is 1710. The molecule has 0 aliphatic carbocycles. The first-order valence-electron chi connectivity index (χ1n) is 15.4. The first-order valence-corrected chi connectivity index (χ1v) is 16.4. The van der Waals surface area contributed by atoms with Gasteiger partial charge < -0.3 is 29.8 Å². The number of carbonyl (C=O) groups excluding carboxylic acids is 1. The van der Waals surface area contributed by atoms with E-state index in [9.17, 15) is 9.90 Å². The first kappa shape index (κ1) is 31.6. The van der Waals surface area contributed by atoms with Crippen LogP contribution in [-0.4, -0.2) is 32.5 Å². The fourth-order valence-electron chi connectivity index (χ4n) is 5.40. The highest BCUT2D eigenvalue weighted by atomic mass is 32.2. The quantitative estimate of drug-likeness (QED) is 0.137. The van der Waals surface area contributed by atoms with Gasteiger partial charge >= 0.3 is 6.03 Å². The molecule has 8 nitrogen and oxygen atoms in total. The number of ether oxygens (including phenoxy) is 2. The van der Waals surface area contributed by atoms with Crippen molar-refractivity contribution in [2.45, 2.75) is 49.8 Å². The van der Waals surface area contributed by atoms with E-state index < -0.39 is 6.29 Å². The summed E-state index contributed by atoms with van der Waals surface area (Å²) in [5.74, 6) is 0.749. The molecular weight excluding hydrogens is 596 g/mol. The van der Waals surface area contributed by atoms with Crippen molar-refractivity contribution in [1.82, 2.24) is 20.2 Å². The van der Waals surface area contributed by atoms with Gasteiger partial charge in [-0.15, -0.1) is 0 Å². The van der Waals surface area contributed by atoms with E-state index in [-0.39, 0.29) is 24.8 Å². The highest BCUT2D eigenvalue weighted by Gasteiger charge is 2.32. The highest BCUT2D eigenvalue weighted by Crippen LogP contribution is 2.39. The van der Waals surface area contributed by atoms with Gasteiger partial charge in [0.05, 0.1) is 18.8 Å². The number of benzene rings is 4. The van der Waals surface area contributed by atoms with Gasteiger partial charge in [-0.1, -0.05) is 109 Å². The molecule has 6 rings (SSSR count). The van der Waals surface area contributed by atoms with E-state index in [0.29, 0.717) is 13.1 Å². The lowest BCUT2D eigenvalue weighted by atomic mass is 9.99. The Kier molecular flexibility index (Phi) is 10.5. The smallest absolute Gasteiger partial charge is 0.315 e. The number of hydrogen-bond donors (Lipinski definition) is 3. The van der Waals surface area contributed by atoms with Crippen molar-refractivity contribution >= 4 is 17.8 Å². The van der Waals surface area contributed by atoms with Gasteiger partial charge in [0.15, 0.2) is 11.4 Å². The summed E-state index contributed by atoms with van der Waals surface area (Å²) >= 11 is 1.68. The number of nitrogens with one attached hydrogen (secondary N) is 2. The molecule has 3 atom stereocenters. The lowest BCUT2D eigenvalue weighted by Crippen LogP contribution is -2.34. The number of aliphatic hydroxyl groups is 1. The second-order valence-corrected chi connectivity index (χ2v) is 12.3. The molecule has 1 aromatic heterocycles. The van der Waals surface area contributed by atoms with Crippen molar-refractivity contribution in [2.75, 3.05) is 5.75 Å². The van der Waals surface area contributed by atoms with E-state index in [0.717, 1.165) is 56.3 Å². The van der Waals surface area contributed by atoms with Crippen LogP contribution in [0.1, 0.15) is 46.6 Å². The molecule has 4 aromatic carbocycles. The number of rotatable bonds is 11. The maximum Gasteiger partial charge on any atom is 0.315 e. The first-order chi connectivity index (χ1) is 22.5. The zero-order chi connectivity index (χ0) is 31.7. The number of aromatic nitrogens is 2. The second-order valence-electron chi connectivity index (χ2n) is 11.3. The Hall–Kier alpha value is -4.41. The molecule has 2 heterocycles. The van der Waals surface area contributed by atoms with E-state index in [2.05, 4.69) is 52.0 Å². The SMILES string of the molecule is Cn1ccnc1SC[C@@H]1C[C@H](c2ccc(CO)cc2)O[C@H](c2ccc(-c3cccc(CNC(=O)NCc4ccccc4)c3)cc2)O1. The molecule has 0 bridgehead atoms. The van der Waals surface area contributed by atoms with Crippen molar-refractivity contribution in [3.8, 4) is 11.1 Å². The molecule has 1 fully saturated rings. The summed E-state index contributed by atoms with van der Waals surface area (Å²) in [6.07, 6.45) is 3.75. The largest absolute Gasteiger partial charge is 0.392 e. The summed E-state index contributed by atoms with van der Waals surface area (Å²) in [6.45, 7) is 0.916. The highest BCUT2D eigenvalue weighted by molar-refractivity contribution is 7.99. The van der Waals surface area contributed by atoms with Gasteiger partial charge in [0.1, 0.15) is 0 Å². The summed E-state index contributed by atoms with van der Waals surface area (Å²) < 4.78 is 15.0. The Morgan fingerprint density at radius 3 is 2.28 bits per heavy atom. The minimum Gasteiger partial charge on any atom is -0.392 e. The van der Waals surface area contributed by atoms with Crippen LogP contribution in [0.15, 0.2) is 121 Å². The average Bonchev–Trinajstić information content (AvgIpc) is 3.53. The maximum atomic E-state index is 12.4. The van der Waals surface area contributed by atoms with Crippen molar-refractivity contribution in [2.24, 2.45) is 7.05 Å². The number of thioether (sulfide) groups is 1. The van der Waals surface area contributed by atoms with E-state index in [1.807, 2.05) is 84.5 Å². The van der Waals surface area contributed by atoms with Crippen LogP contribution >= 0.6 is 11.8 Å². The molecule has 5 aromatic rings. The monoisotopic (exact) mass is 634 g/mol. The molecule has 236 valence electrons. The van der Waals surface area contributed by atoms with E-state index in [1.54, 1.807) is 18.0 Å². The second kappa shape index (κ2) is 15.2. The van der Waals surface area contributed by atoms with Gasteiger partial charge in [-0.2, -0.15) is 0 Å². The van der Waals surface area contributed by atoms with Crippen LogP contribution < -0.4 is 10.6 Å². The fraction of sp³-hybridized carbons (Fsp3) is 0.243. The molecule has 3 N–H and O–H groups in total. The molecule has 1 saturated heterocycles. The molecule has 0 spiro atoms. The molecule has 0 saturated carbocycles. The van der Waals surface area contributed by atoms with Gasteiger partial charge in [0.2, 0.25) is 0 Å². The number of aliphatic hydroxyl groups excluding tert-OH is 1. The minimum atomic E-state index is -0.526. The predicted molar refractivity (Wildman–Crippen MR) is 180 cm³/mol. The number of hydrogen-bond acceptors (Lipinski definition) is 6. The van der Waals surface area contributed by atoms with Crippen molar-refractivity contribution < 1.29 is 19.4 Å². The molecule has 0 unspecified atom stereocenters. The Balaban J connectivity index is 1.11. The van der Waals surface area contributed by atoms with Gasteiger partial charge in [0, 0.05) is 50.3 Å². The van der Waals surface area contributed by atoms with Crippen LogP contribution in [0.2, 0.25) is 0 Å². The molecule has 2 amide bonds. The van der Waals surface area contributed by atoms with Gasteiger partial charge in [0.25, 0.3) is 0 Å². The molecule has 0 radical (unpaired) electrons. The summed E-state index contributed by atoms with van der Waals surface area (Å²) in [6, 6.07) is 34.0. The van der Waals surface area contributed by atoms with E-state index in [4.69, 9.17) is 9.47 Å². The van der Waals surface area contributed by atoms with Crippen molar-refractivity contribution in [3.63, 3.8) is 0 Å². The number of nitrogens with zero attached hydrogens (tertiary/aromatic N) is 2. The lowest BCUT2D eigenvalue weighted by molar-refractivity contribution is -0.245. The summed E-state index contributed by atoms with van der Waals surface area (Å²) in [7, 11) is 1.99. The van der Waals surface area contributed by atoms with E-state index in [1.165, 1.54) is 0 Å². The normalized spacial score (nSPS) is 17.8. The molecule has 9 heteroatoms. The summed E-state index contributed by atoms with van der Waals surface area (Å²) in [5, 5.41) is 16.3. The average molecular weight is 635 g/mol. The Labute approximate surface area is 273 Å². The number of imidazole rings is 1.